The van der Waals surface area contributed by atoms with Gasteiger partial charge in [-0.25, -0.2) is 0 Å². The Morgan fingerprint density at radius 3 is 2.62 bits per heavy atom. The van der Waals surface area contributed by atoms with Crippen LogP contribution < -0.4 is 15.1 Å². The summed E-state index contributed by atoms with van der Waals surface area (Å²) in [5.41, 5.74) is 0. The molecule has 0 saturated carbocycles. The van der Waals surface area contributed by atoms with E-state index in [1.807, 2.05) is 11.9 Å². The molecule has 0 aromatic carbocycles. The number of aromatic nitrogens is 3. The zero-order valence-electron chi connectivity index (χ0n) is 13.0. The van der Waals surface area contributed by atoms with E-state index in [9.17, 15) is 0 Å². The molecule has 118 valence electrons. The van der Waals surface area contributed by atoms with E-state index in [0.717, 1.165) is 32.0 Å². The fraction of sp³-hybridized carbons (Fsp3) is 0.786. The van der Waals surface area contributed by atoms with E-state index in [4.69, 9.17) is 5.11 Å². The van der Waals surface area contributed by atoms with Gasteiger partial charge in [0.2, 0.25) is 17.8 Å². The fourth-order valence-electron chi connectivity index (χ4n) is 2.33. The number of aliphatic hydroxyl groups excluding tert-OH is 1. The summed E-state index contributed by atoms with van der Waals surface area (Å²) in [6.45, 7) is 5.54. The zero-order chi connectivity index (χ0) is 15.1. The number of hydrogen-bond donors (Lipinski definition) is 2. The van der Waals surface area contributed by atoms with Crippen molar-refractivity contribution in [2.45, 2.75) is 32.6 Å². The van der Waals surface area contributed by atoms with Gasteiger partial charge in [-0.3, -0.25) is 0 Å². The van der Waals surface area contributed by atoms with Gasteiger partial charge in [-0.05, 0) is 25.7 Å². The standard InChI is InChI=1S/C14H26N6O/c1-3-7-15-12-16-13(19(2)10-11-21)18-14(17-12)20-8-5-4-6-9-20/h21H,3-11H2,1-2H3,(H,15,16,17,18). The molecule has 1 aliphatic heterocycles. The predicted octanol–water partition coefficient (Wildman–Crippen LogP) is 1.11. The number of rotatable bonds is 7. The highest BCUT2D eigenvalue weighted by Crippen LogP contribution is 2.19. The molecule has 2 N–H and O–H groups in total. The minimum Gasteiger partial charge on any atom is -0.395 e. The van der Waals surface area contributed by atoms with Crippen LogP contribution in [0.15, 0.2) is 0 Å². The van der Waals surface area contributed by atoms with Crippen LogP contribution in [0, 0.1) is 0 Å². The molecule has 2 heterocycles. The van der Waals surface area contributed by atoms with E-state index in [0.29, 0.717) is 18.4 Å². The van der Waals surface area contributed by atoms with E-state index in [1.165, 1.54) is 19.3 Å². The van der Waals surface area contributed by atoms with Crippen molar-refractivity contribution in [2.24, 2.45) is 0 Å². The number of hydrogen-bond acceptors (Lipinski definition) is 7. The van der Waals surface area contributed by atoms with Gasteiger partial charge in [-0.2, -0.15) is 15.0 Å². The Labute approximate surface area is 126 Å². The van der Waals surface area contributed by atoms with Gasteiger partial charge in [0.1, 0.15) is 0 Å². The Balaban J connectivity index is 2.22. The van der Waals surface area contributed by atoms with Crippen molar-refractivity contribution in [1.29, 1.82) is 0 Å². The average molecular weight is 294 g/mol. The maximum Gasteiger partial charge on any atom is 0.231 e. The summed E-state index contributed by atoms with van der Waals surface area (Å²) in [5, 5.41) is 12.3. The number of anilines is 3. The molecular weight excluding hydrogens is 268 g/mol. The molecule has 0 aliphatic carbocycles. The first-order valence-corrected chi connectivity index (χ1v) is 7.81. The molecule has 0 amide bonds. The largest absolute Gasteiger partial charge is 0.395 e. The van der Waals surface area contributed by atoms with Gasteiger partial charge in [-0.15, -0.1) is 0 Å². The van der Waals surface area contributed by atoms with E-state index < -0.39 is 0 Å². The van der Waals surface area contributed by atoms with E-state index in [2.05, 4.69) is 32.1 Å². The van der Waals surface area contributed by atoms with Gasteiger partial charge >= 0.3 is 0 Å². The number of piperidine rings is 1. The van der Waals surface area contributed by atoms with Crippen molar-refractivity contribution in [2.75, 3.05) is 55.0 Å². The van der Waals surface area contributed by atoms with Crippen molar-refractivity contribution in [3.05, 3.63) is 0 Å². The highest BCUT2D eigenvalue weighted by molar-refractivity contribution is 5.45. The molecule has 0 atom stereocenters. The average Bonchev–Trinajstić information content (AvgIpc) is 2.53. The fourth-order valence-corrected chi connectivity index (χ4v) is 2.33. The van der Waals surface area contributed by atoms with Crippen LogP contribution in [0.5, 0.6) is 0 Å². The molecule has 7 heteroatoms. The Morgan fingerprint density at radius 2 is 1.95 bits per heavy atom. The molecule has 1 aromatic rings. The van der Waals surface area contributed by atoms with Crippen LogP contribution in [0.1, 0.15) is 32.6 Å². The lowest BCUT2D eigenvalue weighted by Crippen LogP contribution is -2.32. The molecule has 0 spiro atoms. The summed E-state index contributed by atoms with van der Waals surface area (Å²) in [7, 11) is 1.88. The third-order valence-electron chi connectivity index (χ3n) is 3.56. The molecule has 1 aliphatic rings. The van der Waals surface area contributed by atoms with Crippen LogP contribution in [0.3, 0.4) is 0 Å². The second-order valence-electron chi connectivity index (χ2n) is 5.38. The molecular formula is C14H26N6O. The van der Waals surface area contributed by atoms with Gasteiger partial charge in [0.15, 0.2) is 0 Å². The quantitative estimate of drug-likeness (QED) is 0.780. The van der Waals surface area contributed by atoms with Crippen LogP contribution in [-0.2, 0) is 0 Å². The van der Waals surface area contributed by atoms with Gasteiger partial charge in [0.25, 0.3) is 0 Å². The van der Waals surface area contributed by atoms with Crippen molar-refractivity contribution in [3.8, 4) is 0 Å². The Hall–Kier alpha value is -1.63. The van der Waals surface area contributed by atoms with E-state index in [1.54, 1.807) is 0 Å². The maximum absolute atomic E-state index is 9.09. The molecule has 0 radical (unpaired) electrons. The van der Waals surface area contributed by atoms with E-state index in [-0.39, 0.29) is 6.61 Å². The first kappa shape index (κ1) is 15.8. The van der Waals surface area contributed by atoms with Crippen molar-refractivity contribution < 1.29 is 5.11 Å². The second-order valence-corrected chi connectivity index (χ2v) is 5.38. The molecule has 0 bridgehead atoms. The molecule has 21 heavy (non-hydrogen) atoms. The normalized spacial score (nSPS) is 15.1. The maximum atomic E-state index is 9.09. The number of nitrogens with zero attached hydrogens (tertiary/aromatic N) is 5. The second kappa shape index (κ2) is 7.97. The van der Waals surface area contributed by atoms with Crippen LogP contribution in [0.25, 0.3) is 0 Å². The lowest BCUT2D eigenvalue weighted by Gasteiger charge is -2.27. The van der Waals surface area contributed by atoms with Gasteiger partial charge < -0.3 is 20.2 Å². The third-order valence-corrected chi connectivity index (χ3v) is 3.56. The van der Waals surface area contributed by atoms with Crippen LogP contribution in [-0.4, -0.2) is 59.9 Å². The summed E-state index contributed by atoms with van der Waals surface area (Å²) in [6, 6.07) is 0. The lowest BCUT2D eigenvalue weighted by atomic mass is 10.1. The number of likely N-dealkylation sites (N-methyl/N-ethyl adjacent to an activating group) is 1. The first-order chi connectivity index (χ1) is 10.2. The first-order valence-electron chi connectivity index (χ1n) is 7.81. The molecule has 1 fully saturated rings. The van der Waals surface area contributed by atoms with Crippen LogP contribution in [0.4, 0.5) is 17.8 Å². The smallest absolute Gasteiger partial charge is 0.231 e. The third kappa shape index (κ3) is 4.42. The summed E-state index contributed by atoms with van der Waals surface area (Å²) >= 11 is 0. The Bertz CT molecular complexity index is 435. The molecule has 7 nitrogen and oxygen atoms in total. The molecule has 0 unspecified atom stereocenters. The van der Waals surface area contributed by atoms with Crippen molar-refractivity contribution in [3.63, 3.8) is 0 Å². The highest BCUT2D eigenvalue weighted by atomic mass is 16.3. The molecule has 2 rings (SSSR count). The minimum atomic E-state index is 0.0823. The predicted molar refractivity (Wildman–Crippen MR) is 85.0 cm³/mol. The Morgan fingerprint density at radius 1 is 1.19 bits per heavy atom. The summed E-state index contributed by atoms with van der Waals surface area (Å²) in [6.07, 6.45) is 4.67. The summed E-state index contributed by atoms with van der Waals surface area (Å²) in [5.74, 6) is 1.97. The summed E-state index contributed by atoms with van der Waals surface area (Å²) in [4.78, 5) is 17.6. The van der Waals surface area contributed by atoms with Crippen molar-refractivity contribution >= 4 is 17.8 Å². The molecule has 1 saturated heterocycles. The topological polar surface area (TPSA) is 77.4 Å². The van der Waals surface area contributed by atoms with Gasteiger partial charge in [-0.1, -0.05) is 6.92 Å². The Kier molecular flexibility index (Phi) is 5.98. The molecule has 1 aromatic heterocycles. The monoisotopic (exact) mass is 294 g/mol. The van der Waals surface area contributed by atoms with Crippen LogP contribution in [0.2, 0.25) is 0 Å². The lowest BCUT2D eigenvalue weighted by molar-refractivity contribution is 0.303. The van der Waals surface area contributed by atoms with E-state index >= 15 is 0 Å². The number of aliphatic hydroxyl groups is 1. The zero-order valence-corrected chi connectivity index (χ0v) is 13.0. The SMILES string of the molecule is CCCNc1nc(N(C)CCO)nc(N2CCCCC2)n1. The number of nitrogens with one attached hydrogen (secondary N) is 1. The van der Waals surface area contributed by atoms with Crippen molar-refractivity contribution in [1.82, 2.24) is 15.0 Å². The summed E-state index contributed by atoms with van der Waals surface area (Å²) < 4.78 is 0. The van der Waals surface area contributed by atoms with Gasteiger partial charge in [0.05, 0.1) is 6.61 Å². The van der Waals surface area contributed by atoms with Crippen LogP contribution >= 0.6 is 0 Å². The minimum absolute atomic E-state index is 0.0823. The highest BCUT2D eigenvalue weighted by Gasteiger charge is 2.17. The van der Waals surface area contributed by atoms with Gasteiger partial charge in [0, 0.05) is 33.2 Å².